The van der Waals surface area contributed by atoms with Crippen molar-refractivity contribution in [3.63, 3.8) is 0 Å². The minimum Gasteiger partial charge on any atom is -0.463 e. The second-order valence-corrected chi connectivity index (χ2v) is 8.51. The highest BCUT2D eigenvalue weighted by molar-refractivity contribution is 7.07. The number of aromatic nitrogens is 2. The van der Waals surface area contributed by atoms with Crippen molar-refractivity contribution in [2.45, 2.75) is 19.9 Å². The molecule has 0 saturated carbocycles. The maximum atomic E-state index is 13.6. The van der Waals surface area contributed by atoms with E-state index in [0.717, 1.165) is 22.0 Å². The van der Waals surface area contributed by atoms with Crippen LogP contribution in [0, 0.1) is 0 Å². The highest BCUT2D eigenvalue weighted by Crippen LogP contribution is 2.34. The molecule has 0 amide bonds. The summed E-state index contributed by atoms with van der Waals surface area (Å²) in [6, 6.07) is 17.1. The van der Waals surface area contributed by atoms with Gasteiger partial charge in [-0.15, -0.1) is 0 Å². The summed E-state index contributed by atoms with van der Waals surface area (Å²) in [6.07, 6.45) is 3.62. The summed E-state index contributed by atoms with van der Waals surface area (Å²) in [5.41, 5.74) is 2.47. The molecule has 0 unspecified atom stereocenters. The molecule has 4 aromatic rings. The van der Waals surface area contributed by atoms with Gasteiger partial charge in [-0.25, -0.2) is 9.79 Å². The molecule has 1 aliphatic rings. The summed E-state index contributed by atoms with van der Waals surface area (Å²) in [6.45, 7) is 3.81. The van der Waals surface area contributed by atoms with Crippen LogP contribution in [-0.4, -0.2) is 22.1 Å². The molecule has 7 heteroatoms. The number of esters is 1. The van der Waals surface area contributed by atoms with E-state index >= 15 is 0 Å². The van der Waals surface area contributed by atoms with Gasteiger partial charge in [0.05, 0.1) is 28.5 Å². The molecule has 3 heterocycles. The molecule has 0 fully saturated rings. The predicted molar refractivity (Wildman–Crippen MR) is 125 cm³/mol. The number of benzene rings is 2. The molecule has 1 aliphatic heterocycles. The number of ether oxygens (including phenoxy) is 1. The van der Waals surface area contributed by atoms with Crippen molar-refractivity contribution < 1.29 is 9.53 Å². The van der Waals surface area contributed by atoms with Crippen LogP contribution < -0.4 is 14.9 Å². The zero-order valence-corrected chi connectivity index (χ0v) is 18.5. The SMILES string of the molecule is CCOC(=O)C1=C(C)N=c2s/c(=C/c3ccc[nH]3)c(=O)n2[C@H]1c1cccc2ccccc12. The predicted octanol–water partition coefficient (Wildman–Crippen LogP) is 3.28. The van der Waals surface area contributed by atoms with Crippen molar-refractivity contribution in [1.82, 2.24) is 9.55 Å². The summed E-state index contributed by atoms with van der Waals surface area (Å²) >= 11 is 1.32. The molecule has 0 aliphatic carbocycles. The van der Waals surface area contributed by atoms with E-state index in [-0.39, 0.29) is 12.2 Å². The summed E-state index contributed by atoms with van der Waals surface area (Å²) in [4.78, 5) is 34.9. The van der Waals surface area contributed by atoms with E-state index in [2.05, 4.69) is 9.98 Å². The van der Waals surface area contributed by atoms with Crippen molar-refractivity contribution in [3.05, 3.63) is 103 Å². The first-order valence-electron chi connectivity index (χ1n) is 10.4. The van der Waals surface area contributed by atoms with Gasteiger partial charge >= 0.3 is 5.97 Å². The lowest BCUT2D eigenvalue weighted by atomic mass is 9.91. The topological polar surface area (TPSA) is 76.4 Å². The van der Waals surface area contributed by atoms with Gasteiger partial charge in [0.15, 0.2) is 4.80 Å². The maximum Gasteiger partial charge on any atom is 0.338 e. The lowest BCUT2D eigenvalue weighted by Crippen LogP contribution is -2.40. The zero-order valence-electron chi connectivity index (χ0n) is 17.7. The smallest absolute Gasteiger partial charge is 0.338 e. The van der Waals surface area contributed by atoms with E-state index in [4.69, 9.17) is 4.74 Å². The average molecular weight is 444 g/mol. The molecule has 5 rings (SSSR count). The molecule has 0 saturated heterocycles. The molecule has 32 heavy (non-hydrogen) atoms. The number of rotatable bonds is 4. The Bertz CT molecular complexity index is 1540. The number of hydrogen-bond acceptors (Lipinski definition) is 5. The third kappa shape index (κ3) is 3.31. The van der Waals surface area contributed by atoms with Gasteiger partial charge in [-0.3, -0.25) is 9.36 Å². The van der Waals surface area contributed by atoms with Gasteiger partial charge in [-0.05, 0) is 48.4 Å². The number of nitrogens with zero attached hydrogens (tertiary/aromatic N) is 2. The Morgan fingerprint density at radius 2 is 2.00 bits per heavy atom. The Hall–Kier alpha value is -3.71. The van der Waals surface area contributed by atoms with Gasteiger partial charge in [0.25, 0.3) is 5.56 Å². The Morgan fingerprint density at radius 1 is 1.19 bits per heavy atom. The second-order valence-electron chi connectivity index (χ2n) is 7.50. The van der Waals surface area contributed by atoms with Crippen LogP contribution in [0.2, 0.25) is 0 Å². The molecule has 1 atom stereocenters. The molecule has 1 N–H and O–H groups in total. The van der Waals surface area contributed by atoms with Gasteiger partial charge in [0.1, 0.15) is 0 Å². The van der Waals surface area contributed by atoms with E-state index in [0.29, 0.717) is 20.6 Å². The van der Waals surface area contributed by atoms with Crippen molar-refractivity contribution in [1.29, 1.82) is 0 Å². The minimum absolute atomic E-state index is 0.185. The molecule has 160 valence electrons. The number of fused-ring (bicyclic) bond motifs is 2. The first-order chi connectivity index (χ1) is 15.6. The fourth-order valence-electron chi connectivity index (χ4n) is 4.15. The summed E-state index contributed by atoms with van der Waals surface area (Å²) in [5, 5.41) is 2.02. The summed E-state index contributed by atoms with van der Waals surface area (Å²) in [5.74, 6) is -0.453. The van der Waals surface area contributed by atoms with Gasteiger partial charge in [0, 0.05) is 11.9 Å². The van der Waals surface area contributed by atoms with Gasteiger partial charge < -0.3 is 9.72 Å². The lowest BCUT2D eigenvalue weighted by Gasteiger charge is -2.25. The highest BCUT2D eigenvalue weighted by Gasteiger charge is 2.34. The summed E-state index contributed by atoms with van der Waals surface area (Å²) in [7, 11) is 0. The van der Waals surface area contributed by atoms with E-state index < -0.39 is 12.0 Å². The van der Waals surface area contributed by atoms with Crippen LogP contribution in [0.25, 0.3) is 16.8 Å². The Labute approximate surface area is 187 Å². The van der Waals surface area contributed by atoms with Crippen molar-refractivity contribution in [2.75, 3.05) is 6.61 Å². The van der Waals surface area contributed by atoms with Crippen molar-refractivity contribution >= 4 is 34.2 Å². The standard InChI is InChI=1S/C25H21N3O3S/c1-3-31-24(30)21-15(2)27-25-28(23(29)20(32-25)14-17-10-7-13-26-17)22(21)19-12-6-9-16-8-4-5-11-18(16)19/h4-14,22,26H,3H2,1-2H3/b20-14+/t22-/m0/s1. The molecule has 0 spiro atoms. The number of allylic oxidation sites excluding steroid dienone is 1. The maximum absolute atomic E-state index is 13.6. The van der Waals surface area contributed by atoms with Crippen LogP contribution >= 0.6 is 11.3 Å². The number of thiazole rings is 1. The van der Waals surface area contributed by atoms with E-state index in [1.807, 2.05) is 66.9 Å². The number of carbonyl (C=O) groups is 1. The van der Waals surface area contributed by atoms with E-state index in [1.165, 1.54) is 11.3 Å². The fourth-order valence-corrected chi connectivity index (χ4v) is 5.19. The largest absolute Gasteiger partial charge is 0.463 e. The Balaban J connectivity index is 1.83. The van der Waals surface area contributed by atoms with Crippen molar-refractivity contribution in [2.24, 2.45) is 4.99 Å². The number of aromatic amines is 1. The monoisotopic (exact) mass is 443 g/mol. The minimum atomic E-state index is -0.623. The Morgan fingerprint density at radius 3 is 2.78 bits per heavy atom. The third-order valence-corrected chi connectivity index (χ3v) is 6.53. The van der Waals surface area contributed by atoms with Gasteiger partial charge in [-0.2, -0.15) is 0 Å². The number of H-pyrrole nitrogens is 1. The van der Waals surface area contributed by atoms with Gasteiger partial charge in [0.2, 0.25) is 0 Å². The average Bonchev–Trinajstić information content (AvgIpc) is 3.41. The molecular formula is C25H21N3O3S. The molecule has 6 nitrogen and oxygen atoms in total. The molecular weight excluding hydrogens is 422 g/mol. The number of hydrogen-bond donors (Lipinski definition) is 1. The van der Waals surface area contributed by atoms with Crippen LogP contribution in [-0.2, 0) is 9.53 Å². The zero-order chi connectivity index (χ0) is 22.2. The quantitative estimate of drug-likeness (QED) is 0.492. The lowest BCUT2D eigenvalue weighted by molar-refractivity contribution is -0.139. The number of nitrogens with one attached hydrogen (secondary N) is 1. The van der Waals surface area contributed by atoms with Crippen LogP contribution in [0.3, 0.4) is 0 Å². The third-order valence-electron chi connectivity index (χ3n) is 5.54. The highest BCUT2D eigenvalue weighted by atomic mass is 32.1. The molecule has 2 aromatic carbocycles. The first kappa shape index (κ1) is 20.2. The molecule has 0 radical (unpaired) electrons. The van der Waals surface area contributed by atoms with Crippen LogP contribution in [0.1, 0.15) is 31.1 Å². The van der Waals surface area contributed by atoms with Crippen LogP contribution in [0.15, 0.2) is 81.9 Å². The summed E-state index contributed by atoms with van der Waals surface area (Å²) < 4.78 is 7.56. The van der Waals surface area contributed by atoms with Crippen LogP contribution in [0.4, 0.5) is 0 Å². The first-order valence-corrected chi connectivity index (χ1v) is 11.2. The van der Waals surface area contributed by atoms with Crippen LogP contribution in [0.5, 0.6) is 0 Å². The second kappa shape index (κ2) is 8.09. The number of carbonyl (C=O) groups excluding carboxylic acids is 1. The fraction of sp³-hybridized carbons (Fsp3) is 0.160. The van der Waals surface area contributed by atoms with E-state index in [9.17, 15) is 9.59 Å². The van der Waals surface area contributed by atoms with Gasteiger partial charge in [-0.1, -0.05) is 53.8 Å². The molecule has 2 aromatic heterocycles. The molecule has 0 bridgehead atoms. The van der Waals surface area contributed by atoms with Crippen molar-refractivity contribution in [3.8, 4) is 0 Å². The normalized spacial score (nSPS) is 16.2. The Kier molecular flexibility index (Phi) is 5.11. The van der Waals surface area contributed by atoms with E-state index in [1.54, 1.807) is 18.4 Å².